The van der Waals surface area contributed by atoms with Crippen molar-refractivity contribution in [2.45, 2.75) is 13.5 Å². The van der Waals surface area contributed by atoms with Crippen LogP contribution in [0.5, 0.6) is 6.01 Å². The number of hydrogen-bond donors (Lipinski definition) is 3. The molecule has 2 amide bonds. The summed E-state index contributed by atoms with van der Waals surface area (Å²) < 4.78 is 5.47. The largest absolute Gasteiger partial charge is 0.458 e. The van der Waals surface area contributed by atoms with E-state index in [1.54, 1.807) is 12.1 Å². The molecule has 9 nitrogen and oxygen atoms in total. The highest BCUT2D eigenvalue weighted by Crippen LogP contribution is 2.23. The summed E-state index contributed by atoms with van der Waals surface area (Å²) in [6, 6.07) is 4.70. The Morgan fingerprint density at radius 1 is 1.45 bits per heavy atom. The van der Waals surface area contributed by atoms with Crippen molar-refractivity contribution >= 4 is 23.3 Å². The highest BCUT2D eigenvalue weighted by Gasteiger charge is 2.16. The molecule has 0 aliphatic rings. The Morgan fingerprint density at radius 3 is 2.91 bits per heavy atom. The van der Waals surface area contributed by atoms with Crippen molar-refractivity contribution in [2.24, 2.45) is 11.7 Å². The van der Waals surface area contributed by atoms with Crippen molar-refractivity contribution in [3.63, 3.8) is 0 Å². The van der Waals surface area contributed by atoms with E-state index < -0.39 is 6.03 Å². The Morgan fingerprint density at radius 2 is 2.23 bits per heavy atom. The van der Waals surface area contributed by atoms with Gasteiger partial charge in [-0.2, -0.15) is 9.97 Å². The molecule has 2 aromatic rings. The quantitative estimate of drug-likeness (QED) is 0.428. The lowest BCUT2D eigenvalue weighted by Crippen LogP contribution is -2.48. The first-order valence-corrected chi connectivity index (χ1v) is 6.52. The van der Waals surface area contributed by atoms with Gasteiger partial charge in [-0.15, -0.1) is 0 Å². The highest BCUT2D eigenvalue weighted by molar-refractivity contribution is 6.28. The van der Waals surface area contributed by atoms with Crippen molar-refractivity contribution in [3.05, 3.63) is 40.9 Å². The molecule has 1 aromatic carbocycles. The number of anilines is 1. The lowest BCUT2D eigenvalue weighted by Gasteiger charge is -2.20. The average Bonchev–Trinajstić information content (AvgIpc) is 2.52. The van der Waals surface area contributed by atoms with E-state index in [1.165, 1.54) is 6.33 Å². The van der Waals surface area contributed by atoms with Crippen LogP contribution in [0, 0.1) is 6.92 Å². The van der Waals surface area contributed by atoms with E-state index in [-0.39, 0.29) is 17.9 Å². The zero-order valence-corrected chi connectivity index (χ0v) is 12.4. The second-order valence-corrected chi connectivity index (χ2v) is 4.56. The van der Waals surface area contributed by atoms with Gasteiger partial charge >= 0.3 is 12.0 Å². The van der Waals surface area contributed by atoms with Crippen LogP contribution in [0.15, 0.2) is 24.5 Å². The number of amides is 2. The number of nitrogens with one attached hydrogen (secondary N) is 1. The van der Waals surface area contributed by atoms with Crippen LogP contribution in [-0.2, 0) is 6.61 Å². The molecular formula is C12H14ClN7O2. The fraction of sp³-hybridized carbons (Fsp3) is 0.167. The molecule has 10 heteroatoms. The van der Waals surface area contributed by atoms with E-state index >= 15 is 0 Å². The monoisotopic (exact) mass is 323 g/mol. The van der Waals surface area contributed by atoms with E-state index in [0.717, 1.165) is 10.6 Å². The number of aryl methyl sites for hydroxylation is 1. The van der Waals surface area contributed by atoms with E-state index in [0.29, 0.717) is 11.3 Å². The number of nitrogens with two attached hydrogens (primary N) is 2. The van der Waals surface area contributed by atoms with Crippen molar-refractivity contribution in [1.82, 2.24) is 20.4 Å². The molecule has 0 aliphatic heterocycles. The van der Waals surface area contributed by atoms with Gasteiger partial charge in [0, 0.05) is 5.56 Å². The van der Waals surface area contributed by atoms with Crippen LogP contribution in [0.25, 0.3) is 0 Å². The number of rotatable bonds is 4. The molecule has 0 bridgehead atoms. The number of ether oxygens (including phenoxy) is 1. The Balaban J connectivity index is 2.24. The number of hydrogen-bond acceptors (Lipinski definition) is 7. The van der Waals surface area contributed by atoms with Gasteiger partial charge in [0.05, 0.1) is 5.69 Å². The van der Waals surface area contributed by atoms with Crippen LogP contribution in [0.2, 0.25) is 5.28 Å². The zero-order chi connectivity index (χ0) is 16.1. The fourth-order valence-corrected chi connectivity index (χ4v) is 1.86. The highest BCUT2D eigenvalue weighted by atomic mass is 35.5. The molecule has 22 heavy (non-hydrogen) atoms. The Bertz CT molecular complexity index is 682. The molecule has 1 heterocycles. The minimum absolute atomic E-state index is 0.0259. The Labute approximate surface area is 131 Å². The number of nitrogens with zero attached hydrogens (tertiary/aromatic N) is 4. The van der Waals surface area contributed by atoms with Gasteiger partial charge in [0.25, 0.3) is 0 Å². The molecule has 5 N–H and O–H groups in total. The van der Waals surface area contributed by atoms with Crippen LogP contribution < -0.4 is 26.9 Å². The van der Waals surface area contributed by atoms with Crippen LogP contribution in [-0.4, -0.2) is 21.0 Å². The van der Waals surface area contributed by atoms with E-state index in [1.807, 2.05) is 18.4 Å². The average molecular weight is 324 g/mol. The predicted molar refractivity (Wildman–Crippen MR) is 79.7 cm³/mol. The van der Waals surface area contributed by atoms with Crippen LogP contribution in [0.1, 0.15) is 11.1 Å². The summed E-state index contributed by atoms with van der Waals surface area (Å²) in [7, 11) is 0. The van der Waals surface area contributed by atoms with Gasteiger partial charge in [-0.25, -0.2) is 26.5 Å². The van der Waals surface area contributed by atoms with Gasteiger partial charge in [0.2, 0.25) is 5.28 Å². The molecule has 0 spiro atoms. The van der Waals surface area contributed by atoms with Crippen molar-refractivity contribution < 1.29 is 9.53 Å². The number of benzene rings is 1. The first-order valence-electron chi connectivity index (χ1n) is 6.14. The molecular weight excluding hydrogens is 310 g/mol. The standard InChI is InChI=1S/C12H14ClN7O2/c1-7-3-2-4-9(20(15)12(21)19-14)8(7)5-22-11-17-6-16-10(13)18-11/h2-4,6H,5,14-15H2,1H3,(H,19,21). The summed E-state index contributed by atoms with van der Waals surface area (Å²) in [6.45, 7) is 1.95. The van der Waals surface area contributed by atoms with Gasteiger partial charge in [-0.05, 0) is 30.2 Å². The molecule has 0 fully saturated rings. The minimum Gasteiger partial charge on any atom is -0.458 e. The Kier molecular flexibility index (Phi) is 5.04. The summed E-state index contributed by atoms with van der Waals surface area (Å²) in [6.07, 6.45) is 1.24. The number of carbonyl (C=O) groups is 1. The molecule has 2 rings (SSSR count). The molecule has 0 saturated heterocycles. The molecule has 1 aromatic heterocycles. The normalized spacial score (nSPS) is 10.2. The number of hydrazine groups is 2. The van der Waals surface area contributed by atoms with Crippen LogP contribution in [0.3, 0.4) is 0 Å². The molecule has 0 radical (unpaired) electrons. The third-order valence-corrected chi connectivity index (χ3v) is 3.04. The van der Waals surface area contributed by atoms with Gasteiger partial charge in [-0.1, -0.05) is 12.1 Å². The maximum absolute atomic E-state index is 11.6. The number of carbonyl (C=O) groups excluding carboxylic acids is 1. The molecule has 0 saturated carbocycles. The topological polar surface area (TPSA) is 132 Å². The second-order valence-electron chi connectivity index (χ2n) is 4.22. The van der Waals surface area contributed by atoms with Crippen molar-refractivity contribution in [1.29, 1.82) is 0 Å². The zero-order valence-electron chi connectivity index (χ0n) is 11.7. The number of urea groups is 1. The summed E-state index contributed by atoms with van der Waals surface area (Å²) in [5.74, 6) is 10.8. The molecule has 0 unspecified atom stereocenters. The van der Waals surface area contributed by atoms with Crippen LogP contribution in [0.4, 0.5) is 10.5 Å². The maximum Gasteiger partial charge on any atom is 0.350 e. The molecule has 0 aliphatic carbocycles. The van der Waals surface area contributed by atoms with Crippen molar-refractivity contribution in [3.8, 4) is 6.01 Å². The summed E-state index contributed by atoms with van der Waals surface area (Å²) >= 11 is 5.66. The van der Waals surface area contributed by atoms with Crippen LogP contribution >= 0.6 is 11.6 Å². The second kappa shape index (κ2) is 6.98. The lowest BCUT2D eigenvalue weighted by atomic mass is 10.1. The van der Waals surface area contributed by atoms with Gasteiger partial charge in [0.15, 0.2) is 0 Å². The van der Waals surface area contributed by atoms with E-state index in [2.05, 4.69) is 15.0 Å². The first kappa shape index (κ1) is 15.9. The first-order chi connectivity index (χ1) is 10.5. The minimum atomic E-state index is -0.657. The molecule has 116 valence electrons. The van der Waals surface area contributed by atoms with Crippen molar-refractivity contribution in [2.75, 3.05) is 5.01 Å². The predicted octanol–water partition coefficient (Wildman–Crippen LogP) is 0.676. The third-order valence-electron chi connectivity index (χ3n) is 2.85. The fourth-order valence-electron chi connectivity index (χ4n) is 1.75. The SMILES string of the molecule is Cc1cccc(N(N)C(=O)NN)c1COc1ncnc(Cl)n1. The van der Waals surface area contributed by atoms with Gasteiger partial charge < -0.3 is 4.74 Å². The van der Waals surface area contributed by atoms with E-state index in [4.69, 9.17) is 28.0 Å². The summed E-state index contributed by atoms with van der Waals surface area (Å²) in [4.78, 5) is 22.9. The lowest BCUT2D eigenvalue weighted by molar-refractivity contribution is 0.246. The van der Waals surface area contributed by atoms with Gasteiger partial charge in [-0.3, -0.25) is 5.43 Å². The number of halogens is 1. The summed E-state index contributed by atoms with van der Waals surface area (Å²) in [5, 5.41) is 0.921. The Hall–Kier alpha value is -2.49. The molecule has 0 atom stereocenters. The van der Waals surface area contributed by atoms with Gasteiger partial charge in [0.1, 0.15) is 12.9 Å². The smallest absolute Gasteiger partial charge is 0.350 e. The third kappa shape index (κ3) is 3.58. The summed E-state index contributed by atoms with van der Waals surface area (Å²) in [5.41, 5.74) is 3.97. The maximum atomic E-state index is 11.6. The van der Waals surface area contributed by atoms with E-state index in [9.17, 15) is 4.79 Å². The number of aromatic nitrogens is 3.